The molecule has 2 aromatic rings. The molecule has 0 unspecified atom stereocenters. The summed E-state index contributed by atoms with van der Waals surface area (Å²) in [5.41, 5.74) is 1.14. The molecule has 0 fully saturated rings. The molecule has 0 bridgehead atoms. The highest BCUT2D eigenvalue weighted by Gasteiger charge is 2.11. The van der Waals surface area contributed by atoms with Gasteiger partial charge in [-0.25, -0.2) is 0 Å². The first-order chi connectivity index (χ1) is 9.72. The zero-order valence-corrected chi connectivity index (χ0v) is 13.0. The molecule has 1 aromatic carbocycles. The second kappa shape index (κ2) is 7.64. The highest BCUT2D eigenvalue weighted by molar-refractivity contribution is 7.99. The fraction of sp³-hybridized carbons (Fsp3) is 0.385. The van der Waals surface area contributed by atoms with Gasteiger partial charge in [-0.1, -0.05) is 23.7 Å². The normalized spacial score (nSPS) is 10.9. The third kappa shape index (κ3) is 3.96. The van der Waals surface area contributed by atoms with Gasteiger partial charge >= 0.3 is 0 Å². The zero-order chi connectivity index (χ0) is 14.4. The Morgan fingerprint density at radius 3 is 3.00 bits per heavy atom. The lowest BCUT2D eigenvalue weighted by Crippen LogP contribution is -2.19. The van der Waals surface area contributed by atoms with E-state index >= 15 is 0 Å². The molecule has 1 aromatic heterocycles. The minimum Gasteiger partial charge on any atom is -0.383 e. The Kier molecular flexibility index (Phi) is 5.85. The first-order valence-corrected chi connectivity index (χ1v) is 7.40. The number of benzene rings is 1. The molecule has 0 saturated heterocycles. The van der Waals surface area contributed by atoms with Crippen LogP contribution in [0.15, 0.2) is 34.6 Å². The van der Waals surface area contributed by atoms with E-state index in [1.807, 2.05) is 23.7 Å². The average molecular weight is 313 g/mol. The molecule has 0 saturated carbocycles. The van der Waals surface area contributed by atoms with Gasteiger partial charge in [-0.15, -0.1) is 10.2 Å². The number of rotatable bonds is 7. The standard InChI is InChI=1S/C13H17ClN4OS/c1-18-9-16-17-13(18)20-12-10(4-3-5-11(12)14)8-15-6-7-19-2/h3-5,9,15H,6-8H2,1-2H3. The van der Waals surface area contributed by atoms with E-state index in [0.717, 1.165) is 33.7 Å². The van der Waals surface area contributed by atoms with Crippen molar-refractivity contribution in [1.29, 1.82) is 0 Å². The van der Waals surface area contributed by atoms with E-state index in [-0.39, 0.29) is 0 Å². The fourth-order valence-corrected chi connectivity index (χ4v) is 2.87. The Morgan fingerprint density at radius 2 is 2.30 bits per heavy atom. The lowest BCUT2D eigenvalue weighted by atomic mass is 10.2. The molecule has 1 N–H and O–H groups in total. The maximum Gasteiger partial charge on any atom is 0.195 e. The molecule has 1 heterocycles. The van der Waals surface area contributed by atoms with Gasteiger partial charge in [0, 0.05) is 32.1 Å². The summed E-state index contributed by atoms with van der Waals surface area (Å²) in [5.74, 6) is 0. The summed E-state index contributed by atoms with van der Waals surface area (Å²) in [6.45, 7) is 2.23. The van der Waals surface area contributed by atoms with Crippen LogP contribution in [-0.4, -0.2) is 35.0 Å². The van der Waals surface area contributed by atoms with E-state index in [9.17, 15) is 0 Å². The average Bonchev–Trinajstić information content (AvgIpc) is 2.84. The first-order valence-electron chi connectivity index (χ1n) is 6.21. The van der Waals surface area contributed by atoms with Crippen LogP contribution in [0.4, 0.5) is 0 Å². The largest absolute Gasteiger partial charge is 0.383 e. The number of aromatic nitrogens is 3. The Morgan fingerprint density at radius 1 is 1.45 bits per heavy atom. The predicted octanol–water partition coefficient (Wildman–Crippen LogP) is 2.36. The van der Waals surface area contributed by atoms with Crippen LogP contribution in [0.25, 0.3) is 0 Å². The second-order valence-electron chi connectivity index (χ2n) is 4.22. The van der Waals surface area contributed by atoms with Crippen LogP contribution >= 0.6 is 23.4 Å². The molecule has 0 aliphatic rings. The second-order valence-corrected chi connectivity index (χ2v) is 5.61. The van der Waals surface area contributed by atoms with Crippen molar-refractivity contribution in [3.05, 3.63) is 35.1 Å². The van der Waals surface area contributed by atoms with E-state index in [1.165, 1.54) is 11.8 Å². The molecule has 0 aliphatic heterocycles. The van der Waals surface area contributed by atoms with Crippen LogP contribution in [0.3, 0.4) is 0 Å². The molecular weight excluding hydrogens is 296 g/mol. The number of nitrogens with zero attached hydrogens (tertiary/aromatic N) is 3. The van der Waals surface area contributed by atoms with Gasteiger partial charge in [0.05, 0.1) is 11.6 Å². The molecule has 0 radical (unpaired) electrons. The van der Waals surface area contributed by atoms with Gasteiger partial charge in [0.25, 0.3) is 0 Å². The molecule has 2 rings (SSSR count). The molecule has 7 heteroatoms. The monoisotopic (exact) mass is 312 g/mol. The van der Waals surface area contributed by atoms with Crippen LogP contribution in [-0.2, 0) is 18.3 Å². The third-order valence-electron chi connectivity index (χ3n) is 2.71. The van der Waals surface area contributed by atoms with E-state index in [1.54, 1.807) is 13.4 Å². The Balaban J connectivity index is 2.12. The van der Waals surface area contributed by atoms with Crippen molar-refractivity contribution in [1.82, 2.24) is 20.1 Å². The molecule has 5 nitrogen and oxygen atoms in total. The van der Waals surface area contributed by atoms with E-state index in [4.69, 9.17) is 16.3 Å². The Hall–Kier alpha value is -1.08. The van der Waals surface area contributed by atoms with Crippen LogP contribution in [0, 0.1) is 0 Å². The van der Waals surface area contributed by atoms with Gasteiger partial charge < -0.3 is 14.6 Å². The number of ether oxygens (including phenoxy) is 1. The van der Waals surface area contributed by atoms with E-state index < -0.39 is 0 Å². The van der Waals surface area contributed by atoms with Crippen LogP contribution in [0.2, 0.25) is 5.02 Å². The molecule has 0 atom stereocenters. The van der Waals surface area contributed by atoms with E-state index in [2.05, 4.69) is 21.6 Å². The van der Waals surface area contributed by atoms with Gasteiger partial charge in [-0.05, 0) is 23.4 Å². The summed E-state index contributed by atoms with van der Waals surface area (Å²) in [6.07, 6.45) is 1.68. The molecule has 0 aliphatic carbocycles. The highest BCUT2D eigenvalue weighted by Crippen LogP contribution is 2.34. The quantitative estimate of drug-likeness (QED) is 0.795. The zero-order valence-electron chi connectivity index (χ0n) is 11.5. The lowest BCUT2D eigenvalue weighted by Gasteiger charge is -2.11. The van der Waals surface area contributed by atoms with Crippen LogP contribution in [0.5, 0.6) is 0 Å². The van der Waals surface area contributed by atoms with Crippen molar-refractivity contribution in [2.45, 2.75) is 16.6 Å². The molecule has 20 heavy (non-hydrogen) atoms. The molecular formula is C13H17ClN4OS. The van der Waals surface area contributed by atoms with Crippen molar-refractivity contribution in [2.75, 3.05) is 20.3 Å². The fourth-order valence-electron chi connectivity index (χ4n) is 1.66. The lowest BCUT2D eigenvalue weighted by molar-refractivity contribution is 0.199. The number of halogens is 1. The van der Waals surface area contributed by atoms with Gasteiger partial charge in [0.15, 0.2) is 5.16 Å². The number of hydrogen-bond donors (Lipinski definition) is 1. The van der Waals surface area contributed by atoms with Crippen molar-refractivity contribution in [3.63, 3.8) is 0 Å². The summed E-state index contributed by atoms with van der Waals surface area (Å²) in [7, 11) is 3.60. The Labute approximate surface area is 127 Å². The molecule has 0 spiro atoms. The van der Waals surface area contributed by atoms with Crippen molar-refractivity contribution >= 4 is 23.4 Å². The summed E-state index contributed by atoms with van der Waals surface area (Å²) in [6, 6.07) is 5.90. The minimum atomic E-state index is 0.687. The van der Waals surface area contributed by atoms with Gasteiger partial charge in [-0.3, -0.25) is 0 Å². The molecule has 108 valence electrons. The third-order valence-corrected chi connectivity index (χ3v) is 4.38. The topological polar surface area (TPSA) is 52.0 Å². The highest BCUT2D eigenvalue weighted by atomic mass is 35.5. The predicted molar refractivity (Wildman–Crippen MR) is 80.2 cm³/mol. The molecule has 0 amide bonds. The summed E-state index contributed by atoms with van der Waals surface area (Å²) in [4.78, 5) is 1.01. The minimum absolute atomic E-state index is 0.687. The number of aryl methyl sites for hydroxylation is 1. The van der Waals surface area contributed by atoms with E-state index in [0.29, 0.717) is 6.61 Å². The van der Waals surface area contributed by atoms with Crippen molar-refractivity contribution in [2.24, 2.45) is 7.05 Å². The summed E-state index contributed by atoms with van der Waals surface area (Å²) in [5, 5.41) is 12.8. The van der Waals surface area contributed by atoms with Crippen LogP contribution in [0.1, 0.15) is 5.56 Å². The van der Waals surface area contributed by atoms with Gasteiger partial charge in [0.1, 0.15) is 6.33 Å². The number of hydrogen-bond acceptors (Lipinski definition) is 5. The van der Waals surface area contributed by atoms with Gasteiger partial charge in [0.2, 0.25) is 0 Å². The van der Waals surface area contributed by atoms with Crippen LogP contribution < -0.4 is 5.32 Å². The maximum absolute atomic E-state index is 6.31. The first kappa shape index (κ1) is 15.3. The van der Waals surface area contributed by atoms with Crippen molar-refractivity contribution < 1.29 is 4.74 Å². The summed E-state index contributed by atoms with van der Waals surface area (Å²) >= 11 is 7.83. The summed E-state index contributed by atoms with van der Waals surface area (Å²) < 4.78 is 6.89. The Bertz CT molecular complexity index is 561. The number of nitrogens with one attached hydrogen (secondary N) is 1. The SMILES string of the molecule is COCCNCc1cccc(Cl)c1Sc1nncn1C. The number of methoxy groups -OCH3 is 1. The van der Waals surface area contributed by atoms with Gasteiger partial charge in [-0.2, -0.15) is 0 Å². The van der Waals surface area contributed by atoms with Crippen molar-refractivity contribution in [3.8, 4) is 0 Å². The maximum atomic E-state index is 6.31. The smallest absolute Gasteiger partial charge is 0.195 e.